The Morgan fingerprint density at radius 3 is 2.43 bits per heavy atom. The highest BCUT2D eigenvalue weighted by atomic mass is 16.5. The molecule has 1 atom stereocenters. The van der Waals surface area contributed by atoms with Crippen molar-refractivity contribution in [3.05, 3.63) is 49.9 Å². The van der Waals surface area contributed by atoms with Crippen LogP contribution in [0.4, 0.5) is 0 Å². The van der Waals surface area contributed by atoms with Crippen molar-refractivity contribution in [2.45, 2.75) is 12.3 Å². The number of hydrogen-bond acceptors (Lipinski definition) is 6. The molecule has 9 nitrogen and oxygen atoms in total. The Morgan fingerprint density at radius 1 is 1.14 bits per heavy atom. The number of benzene rings is 1. The third-order valence-corrected chi connectivity index (χ3v) is 4.95. The molecule has 2 heterocycles. The van der Waals surface area contributed by atoms with Crippen LogP contribution in [0.5, 0.6) is 17.2 Å². The Hall–Kier alpha value is -3.62. The second-order valence-electron chi connectivity index (χ2n) is 6.44. The Balaban J connectivity index is 1.87. The molecule has 0 bridgehead atoms. The van der Waals surface area contributed by atoms with Crippen LogP contribution in [0.25, 0.3) is 6.08 Å². The van der Waals surface area contributed by atoms with Crippen LogP contribution in [0.3, 0.4) is 0 Å². The molecular weight excluding hydrogens is 362 g/mol. The van der Waals surface area contributed by atoms with E-state index in [9.17, 15) is 4.79 Å². The predicted molar refractivity (Wildman–Crippen MR) is 103 cm³/mol. The number of methoxy groups -OCH3 is 3. The monoisotopic (exact) mass is 381 g/mol. The number of nitrogens with zero attached hydrogens (tertiary/aromatic N) is 2. The van der Waals surface area contributed by atoms with Gasteiger partial charge in [-0.2, -0.15) is 9.98 Å². The first kappa shape index (κ1) is 17.8. The van der Waals surface area contributed by atoms with Crippen molar-refractivity contribution in [3.8, 4) is 17.2 Å². The molecule has 0 radical (unpaired) electrons. The lowest BCUT2D eigenvalue weighted by Crippen LogP contribution is -2.43. The van der Waals surface area contributed by atoms with Crippen LogP contribution in [0, 0.1) is 5.41 Å². The molecule has 9 heteroatoms. The van der Waals surface area contributed by atoms with Crippen LogP contribution < -0.4 is 36.2 Å². The first-order chi connectivity index (χ1) is 13.5. The minimum absolute atomic E-state index is 0.0921. The van der Waals surface area contributed by atoms with Gasteiger partial charge in [0, 0.05) is 11.1 Å². The van der Waals surface area contributed by atoms with E-state index in [1.165, 1.54) is 0 Å². The number of hydrogen-bond donors (Lipinski definition) is 3. The number of fused-ring (bicyclic) bond motifs is 3. The summed E-state index contributed by atoms with van der Waals surface area (Å²) in [5.74, 6) is 1.45. The van der Waals surface area contributed by atoms with Gasteiger partial charge in [0.25, 0.3) is 5.56 Å². The lowest BCUT2D eigenvalue weighted by Gasteiger charge is -2.17. The minimum Gasteiger partial charge on any atom is -0.493 e. The zero-order valence-corrected chi connectivity index (χ0v) is 15.6. The molecule has 1 aromatic heterocycles. The number of rotatable bonds is 4. The van der Waals surface area contributed by atoms with Gasteiger partial charge >= 0.3 is 0 Å². The quantitative estimate of drug-likeness (QED) is 0.674. The molecule has 1 aromatic carbocycles. The van der Waals surface area contributed by atoms with Crippen molar-refractivity contribution in [1.29, 1.82) is 5.41 Å². The summed E-state index contributed by atoms with van der Waals surface area (Å²) in [7, 11) is 4.67. The second kappa shape index (κ2) is 6.52. The molecule has 2 aromatic rings. The number of aliphatic imine (C=N–C) groups is 1. The number of amidine groups is 1. The summed E-state index contributed by atoms with van der Waals surface area (Å²) in [4.78, 5) is 23.2. The smallest absolute Gasteiger partial charge is 0.256 e. The first-order valence-electron chi connectivity index (χ1n) is 8.55. The van der Waals surface area contributed by atoms with Crippen molar-refractivity contribution < 1.29 is 14.2 Å². The molecule has 0 spiro atoms. The molecule has 1 aliphatic carbocycles. The molecule has 0 saturated heterocycles. The third kappa shape index (κ3) is 2.63. The summed E-state index contributed by atoms with van der Waals surface area (Å²) < 4.78 is 16.2. The first-order valence-corrected chi connectivity index (χ1v) is 8.55. The molecule has 144 valence electrons. The van der Waals surface area contributed by atoms with Crippen LogP contribution >= 0.6 is 0 Å². The molecule has 0 fully saturated rings. The summed E-state index contributed by atoms with van der Waals surface area (Å²) in [5, 5.41) is 8.16. The number of nitrogens with two attached hydrogens (primary N) is 1. The molecule has 0 amide bonds. The van der Waals surface area contributed by atoms with Crippen LogP contribution in [-0.2, 0) is 6.42 Å². The number of nitrogens with one attached hydrogen (secondary N) is 2. The lowest BCUT2D eigenvalue weighted by molar-refractivity contribution is 0.323. The fourth-order valence-corrected chi connectivity index (χ4v) is 3.71. The van der Waals surface area contributed by atoms with E-state index < -0.39 is 0 Å². The van der Waals surface area contributed by atoms with Gasteiger partial charge < -0.3 is 24.9 Å². The summed E-state index contributed by atoms with van der Waals surface area (Å²) in [5.41, 5.74) is 8.30. The Labute approximate surface area is 159 Å². The fourth-order valence-electron chi connectivity index (χ4n) is 3.71. The molecule has 1 aliphatic heterocycles. The number of aromatic amines is 1. The average Bonchev–Trinajstić information content (AvgIpc) is 3.12. The van der Waals surface area contributed by atoms with Gasteiger partial charge in [0.15, 0.2) is 11.5 Å². The van der Waals surface area contributed by atoms with Crippen LogP contribution in [0.15, 0.2) is 26.9 Å². The molecule has 4 rings (SSSR count). The SMILES string of the molecule is COc1cc(C2C=c3c(c4c([nH]c3=O)=NC(=N)N=C4N)C2)cc(OC)c1OC. The molecule has 28 heavy (non-hydrogen) atoms. The van der Waals surface area contributed by atoms with Crippen LogP contribution in [-0.4, -0.2) is 38.1 Å². The van der Waals surface area contributed by atoms with E-state index in [1.54, 1.807) is 21.3 Å². The van der Waals surface area contributed by atoms with E-state index in [4.69, 9.17) is 25.4 Å². The van der Waals surface area contributed by atoms with Gasteiger partial charge in [-0.1, -0.05) is 6.08 Å². The van der Waals surface area contributed by atoms with E-state index in [0.29, 0.717) is 34.5 Å². The van der Waals surface area contributed by atoms with Crippen molar-refractivity contribution in [2.75, 3.05) is 21.3 Å². The van der Waals surface area contributed by atoms with Gasteiger partial charge in [-0.05, 0) is 29.7 Å². The molecule has 1 unspecified atom stereocenters. The second-order valence-corrected chi connectivity index (χ2v) is 6.44. The fraction of sp³-hybridized carbons (Fsp3) is 0.263. The Morgan fingerprint density at radius 2 is 1.82 bits per heavy atom. The zero-order chi connectivity index (χ0) is 20.0. The predicted octanol–water partition coefficient (Wildman–Crippen LogP) is -0.206. The summed E-state index contributed by atoms with van der Waals surface area (Å²) in [6.07, 6.45) is 2.43. The topological polar surface area (TPSA) is 135 Å². The molecule has 0 saturated carbocycles. The highest BCUT2D eigenvalue weighted by Crippen LogP contribution is 2.41. The van der Waals surface area contributed by atoms with Crippen molar-refractivity contribution >= 4 is 17.9 Å². The Bertz CT molecular complexity index is 1190. The van der Waals surface area contributed by atoms with Gasteiger partial charge in [-0.15, -0.1) is 0 Å². The third-order valence-electron chi connectivity index (χ3n) is 4.95. The highest BCUT2D eigenvalue weighted by molar-refractivity contribution is 6.07. The van der Waals surface area contributed by atoms with Gasteiger partial charge in [0.1, 0.15) is 11.3 Å². The summed E-state index contributed by atoms with van der Waals surface area (Å²) >= 11 is 0. The van der Waals surface area contributed by atoms with E-state index in [2.05, 4.69) is 15.0 Å². The molecular formula is C19H19N5O4. The summed E-state index contributed by atoms with van der Waals surface area (Å²) in [6, 6.07) is 3.74. The standard InChI is InChI=1S/C19H19N5O4/c1-26-12-6-9(7-13(27-2)15(12)28-3)8-4-10-11(5-8)18(25)23-17-14(10)16(20)22-19(21)24-17/h5-8H,4H2,1-3H3,(H4,20,21,22,23,24,25). The normalized spacial score (nSPS) is 17.0. The highest BCUT2D eigenvalue weighted by Gasteiger charge is 2.27. The average molecular weight is 381 g/mol. The maximum atomic E-state index is 12.6. The molecule has 4 N–H and O–H groups in total. The maximum absolute atomic E-state index is 12.6. The maximum Gasteiger partial charge on any atom is 0.256 e. The van der Waals surface area contributed by atoms with Gasteiger partial charge in [-0.3, -0.25) is 10.2 Å². The van der Waals surface area contributed by atoms with Gasteiger partial charge in [0.2, 0.25) is 11.7 Å². The largest absolute Gasteiger partial charge is 0.493 e. The zero-order valence-electron chi connectivity index (χ0n) is 15.6. The summed E-state index contributed by atoms with van der Waals surface area (Å²) in [6.45, 7) is 0. The number of guanidine groups is 1. The van der Waals surface area contributed by atoms with E-state index in [1.807, 2.05) is 18.2 Å². The number of aromatic nitrogens is 1. The van der Waals surface area contributed by atoms with E-state index in [0.717, 1.165) is 11.1 Å². The van der Waals surface area contributed by atoms with Crippen molar-refractivity contribution in [1.82, 2.24) is 4.98 Å². The molecule has 2 aliphatic rings. The van der Waals surface area contributed by atoms with E-state index in [-0.39, 0.29) is 28.8 Å². The lowest BCUT2D eigenvalue weighted by atomic mass is 9.95. The Kier molecular flexibility index (Phi) is 4.14. The van der Waals surface area contributed by atoms with Crippen LogP contribution in [0.2, 0.25) is 0 Å². The number of H-pyrrole nitrogens is 1. The minimum atomic E-state index is -0.269. The van der Waals surface area contributed by atoms with Crippen LogP contribution in [0.1, 0.15) is 22.6 Å². The van der Waals surface area contributed by atoms with E-state index >= 15 is 0 Å². The van der Waals surface area contributed by atoms with Gasteiger partial charge in [-0.25, -0.2) is 0 Å². The number of ether oxygens (including phenoxy) is 3. The number of pyridine rings is 1. The van der Waals surface area contributed by atoms with Crippen molar-refractivity contribution in [2.24, 2.45) is 15.7 Å². The van der Waals surface area contributed by atoms with Crippen molar-refractivity contribution in [3.63, 3.8) is 0 Å². The van der Waals surface area contributed by atoms with Gasteiger partial charge in [0.05, 0.1) is 26.9 Å².